The third-order valence-electron chi connectivity index (χ3n) is 2.48. The molecule has 0 bridgehead atoms. The molecule has 1 aromatic rings. The molecule has 0 aliphatic rings. The molecule has 0 radical (unpaired) electrons. The second-order valence-corrected chi connectivity index (χ2v) is 5.15. The molecule has 0 saturated heterocycles. The number of ether oxygens (including phenoxy) is 2. The summed E-state index contributed by atoms with van der Waals surface area (Å²) >= 11 is 6.17. The molecule has 5 nitrogen and oxygen atoms in total. The summed E-state index contributed by atoms with van der Waals surface area (Å²) in [5.74, 6) is 1.02. The highest BCUT2D eigenvalue weighted by Crippen LogP contribution is 2.36. The van der Waals surface area contributed by atoms with Gasteiger partial charge in [0.05, 0.1) is 18.7 Å². The highest BCUT2D eigenvalue weighted by molar-refractivity contribution is 6.32. The maximum absolute atomic E-state index is 11.9. The molecule has 0 unspecified atom stereocenters. The molecule has 7 heteroatoms. The summed E-state index contributed by atoms with van der Waals surface area (Å²) in [5.41, 5.74) is 5.76. The minimum absolute atomic E-state index is 0. The second-order valence-electron chi connectivity index (χ2n) is 4.74. The van der Waals surface area contributed by atoms with E-state index in [0.29, 0.717) is 47.7 Å². The van der Waals surface area contributed by atoms with E-state index < -0.39 is 0 Å². The molecule has 0 aliphatic heterocycles. The Labute approximate surface area is 136 Å². The van der Waals surface area contributed by atoms with Crippen molar-refractivity contribution in [3.63, 3.8) is 0 Å². The summed E-state index contributed by atoms with van der Waals surface area (Å²) in [7, 11) is 1.51. The average Bonchev–Trinajstić information content (AvgIpc) is 2.42. The lowest BCUT2D eigenvalue weighted by atomic mass is 10.2. The molecule has 0 spiro atoms. The van der Waals surface area contributed by atoms with Crippen molar-refractivity contribution < 1.29 is 14.3 Å². The molecule has 1 rings (SSSR count). The lowest BCUT2D eigenvalue weighted by Gasteiger charge is -2.15. The standard InChI is InChI=1S/C14H21ClN2O3.ClH/c1-9(2)8-20-13-11(15)6-10(7-12(13)19-3)14(18)17-5-4-16;/h6-7,9H,4-5,8,16H2,1-3H3,(H,17,18);1H. The molecule has 0 aliphatic carbocycles. The Morgan fingerprint density at radius 2 is 2.10 bits per heavy atom. The topological polar surface area (TPSA) is 73.6 Å². The van der Waals surface area contributed by atoms with Crippen molar-refractivity contribution in [2.75, 3.05) is 26.8 Å². The summed E-state index contributed by atoms with van der Waals surface area (Å²) in [6.45, 7) is 5.38. The minimum atomic E-state index is -0.244. The summed E-state index contributed by atoms with van der Waals surface area (Å²) in [5, 5.41) is 3.03. The third kappa shape index (κ3) is 5.99. The number of nitrogens with two attached hydrogens (primary N) is 1. The quantitative estimate of drug-likeness (QED) is 0.802. The average molecular weight is 337 g/mol. The molecular formula is C14H22Cl2N2O3. The third-order valence-corrected chi connectivity index (χ3v) is 2.76. The predicted molar refractivity (Wildman–Crippen MR) is 87.0 cm³/mol. The second kappa shape index (κ2) is 9.71. The molecule has 0 aromatic heterocycles. The van der Waals surface area contributed by atoms with Crippen molar-refractivity contribution in [1.29, 1.82) is 0 Å². The first kappa shape index (κ1) is 19.8. The zero-order valence-corrected chi connectivity index (χ0v) is 14.0. The fourth-order valence-corrected chi connectivity index (χ4v) is 1.79. The van der Waals surface area contributed by atoms with E-state index >= 15 is 0 Å². The number of carbonyl (C=O) groups excluding carboxylic acids is 1. The number of methoxy groups -OCH3 is 1. The van der Waals surface area contributed by atoms with Crippen molar-refractivity contribution in [3.8, 4) is 11.5 Å². The number of halogens is 2. The number of nitrogens with one attached hydrogen (secondary N) is 1. The fourth-order valence-electron chi connectivity index (χ4n) is 1.53. The van der Waals surface area contributed by atoms with Gasteiger partial charge in [-0.3, -0.25) is 4.79 Å². The fraction of sp³-hybridized carbons (Fsp3) is 0.500. The summed E-state index contributed by atoms with van der Waals surface area (Å²) in [6.07, 6.45) is 0. The Morgan fingerprint density at radius 3 is 2.62 bits per heavy atom. The van der Waals surface area contributed by atoms with Gasteiger partial charge in [0.25, 0.3) is 5.91 Å². The molecule has 0 saturated carbocycles. The normalized spacial score (nSPS) is 10.0. The van der Waals surface area contributed by atoms with Crippen LogP contribution in [0.3, 0.4) is 0 Å². The summed E-state index contributed by atoms with van der Waals surface area (Å²) in [6, 6.07) is 3.17. The number of hydrogen-bond donors (Lipinski definition) is 2. The van der Waals surface area contributed by atoms with Crippen LogP contribution >= 0.6 is 24.0 Å². The zero-order chi connectivity index (χ0) is 15.1. The van der Waals surface area contributed by atoms with Crippen LogP contribution in [0.1, 0.15) is 24.2 Å². The Morgan fingerprint density at radius 1 is 1.43 bits per heavy atom. The van der Waals surface area contributed by atoms with Crippen molar-refractivity contribution >= 4 is 29.9 Å². The van der Waals surface area contributed by atoms with E-state index in [9.17, 15) is 4.79 Å². The number of rotatable bonds is 7. The van der Waals surface area contributed by atoms with Crippen molar-refractivity contribution in [2.45, 2.75) is 13.8 Å². The molecule has 21 heavy (non-hydrogen) atoms. The van der Waals surface area contributed by atoms with Gasteiger partial charge in [-0.05, 0) is 18.1 Å². The van der Waals surface area contributed by atoms with Crippen LogP contribution in [0.5, 0.6) is 11.5 Å². The van der Waals surface area contributed by atoms with Gasteiger partial charge >= 0.3 is 0 Å². The molecule has 1 aromatic carbocycles. The maximum atomic E-state index is 11.9. The van der Waals surface area contributed by atoms with Crippen molar-refractivity contribution in [2.24, 2.45) is 11.7 Å². The lowest BCUT2D eigenvalue weighted by molar-refractivity contribution is 0.0954. The summed E-state index contributed by atoms with van der Waals surface area (Å²) in [4.78, 5) is 11.9. The van der Waals surface area contributed by atoms with E-state index in [1.165, 1.54) is 7.11 Å². The van der Waals surface area contributed by atoms with E-state index in [2.05, 4.69) is 5.32 Å². The van der Waals surface area contributed by atoms with Crippen LogP contribution in [-0.4, -0.2) is 32.7 Å². The molecular weight excluding hydrogens is 315 g/mol. The van der Waals surface area contributed by atoms with E-state index in [0.717, 1.165) is 0 Å². The van der Waals surface area contributed by atoms with Gasteiger partial charge in [-0.2, -0.15) is 0 Å². The Hall–Kier alpha value is -1.17. The largest absolute Gasteiger partial charge is 0.493 e. The van der Waals surface area contributed by atoms with Crippen molar-refractivity contribution in [1.82, 2.24) is 5.32 Å². The van der Waals surface area contributed by atoms with E-state index in [-0.39, 0.29) is 18.3 Å². The highest BCUT2D eigenvalue weighted by Gasteiger charge is 2.16. The van der Waals surface area contributed by atoms with Crippen LogP contribution in [0, 0.1) is 5.92 Å². The number of hydrogen-bond acceptors (Lipinski definition) is 4. The predicted octanol–water partition coefficient (Wildman–Crippen LogP) is 2.49. The molecule has 120 valence electrons. The first-order chi connectivity index (χ1) is 9.49. The van der Waals surface area contributed by atoms with E-state index in [1.54, 1.807) is 12.1 Å². The SMILES string of the molecule is COc1cc(C(=O)NCCN)cc(Cl)c1OCC(C)C.Cl. The van der Waals surface area contributed by atoms with Crippen LogP contribution in [0.15, 0.2) is 12.1 Å². The van der Waals surface area contributed by atoms with Gasteiger partial charge in [0.15, 0.2) is 11.5 Å². The van der Waals surface area contributed by atoms with E-state index in [1.807, 2.05) is 13.8 Å². The molecule has 0 fully saturated rings. The Balaban J connectivity index is 0.00000400. The molecule has 0 atom stereocenters. The monoisotopic (exact) mass is 336 g/mol. The molecule has 0 heterocycles. The summed E-state index contributed by atoms with van der Waals surface area (Å²) < 4.78 is 10.9. The number of amides is 1. The van der Waals surface area contributed by atoms with Gasteiger partial charge in [-0.25, -0.2) is 0 Å². The van der Waals surface area contributed by atoms with Gasteiger partial charge in [0.1, 0.15) is 0 Å². The van der Waals surface area contributed by atoms with Crippen LogP contribution in [0.2, 0.25) is 5.02 Å². The Bertz CT molecular complexity index is 468. The van der Waals surface area contributed by atoms with Gasteiger partial charge in [0, 0.05) is 18.7 Å². The van der Waals surface area contributed by atoms with Crippen LogP contribution in [-0.2, 0) is 0 Å². The Kier molecular flexibility index (Phi) is 9.17. The molecule has 1 amide bonds. The zero-order valence-electron chi connectivity index (χ0n) is 12.4. The maximum Gasteiger partial charge on any atom is 0.251 e. The van der Waals surface area contributed by atoms with Crippen molar-refractivity contribution in [3.05, 3.63) is 22.7 Å². The van der Waals surface area contributed by atoms with Gasteiger partial charge < -0.3 is 20.5 Å². The first-order valence-corrected chi connectivity index (χ1v) is 6.86. The van der Waals surface area contributed by atoms with Crippen LogP contribution in [0.25, 0.3) is 0 Å². The lowest BCUT2D eigenvalue weighted by Crippen LogP contribution is -2.29. The van der Waals surface area contributed by atoms with Crippen LogP contribution in [0.4, 0.5) is 0 Å². The van der Waals surface area contributed by atoms with E-state index in [4.69, 9.17) is 26.8 Å². The highest BCUT2D eigenvalue weighted by atomic mass is 35.5. The van der Waals surface area contributed by atoms with Crippen LogP contribution < -0.4 is 20.5 Å². The minimum Gasteiger partial charge on any atom is -0.493 e. The first-order valence-electron chi connectivity index (χ1n) is 6.48. The van der Waals surface area contributed by atoms with Gasteiger partial charge in [-0.15, -0.1) is 12.4 Å². The van der Waals surface area contributed by atoms with Gasteiger partial charge in [0.2, 0.25) is 0 Å². The molecule has 3 N–H and O–H groups in total. The van der Waals surface area contributed by atoms with Gasteiger partial charge in [-0.1, -0.05) is 25.4 Å². The smallest absolute Gasteiger partial charge is 0.251 e. The number of benzene rings is 1. The number of carbonyl (C=O) groups is 1.